The molecular weight excluding hydrogens is 438 g/mol. The van der Waals surface area contributed by atoms with Crippen molar-refractivity contribution >= 4 is 32.4 Å². The number of piperazine rings is 1. The van der Waals surface area contributed by atoms with E-state index in [1.54, 1.807) is 0 Å². The van der Waals surface area contributed by atoms with Crippen LogP contribution in [0.5, 0.6) is 0 Å². The molecule has 0 radical (unpaired) electrons. The number of amides is 2. The van der Waals surface area contributed by atoms with Gasteiger partial charge in [-0.05, 0) is 28.7 Å². The molecule has 2 aromatic rings. The summed E-state index contributed by atoms with van der Waals surface area (Å²) < 4.78 is 23.6. The minimum atomic E-state index is -2.92. The van der Waals surface area contributed by atoms with Crippen LogP contribution in [0.1, 0.15) is 25.8 Å². The number of hydrogen-bond acceptors (Lipinski definition) is 5. The first-order valence-electron chi connectivity index (χ1n) is 11.7. The van der Waals surface area contributed by atoms with Gasteiger partial charge in [0.05, 0.1) is 17.9 Å². The maximum atomic E-state index is 13.3. The molecule has 2 heterocycles. The number of sulfone groups is 1. The van der Waals surface area contributed by atoms with Gasteiger partial charge in [0.25, 0.3) is 0 Å². The van der Waals surface area contributed by atoms with Gasteiger partial charge in [0.2, 0.25) is 11.8 Å². The second kappa shape index (κ2) is 9.81. The van der Waals surface area contributed by atoms with Gasteiger partial charge in [-0.1, -0.05) is 56.3 Å². The van der Waals surface area contributed by atoms with Gasteiger partial charge in [-0.15, -0.1) is 0 Å². The number of carbonyl (C=O) groups excluding carboxylic acids is 2. The van der Waals surface area contributed by atoms with E-state index in [9.17, 15) is 18.0 Å². The number of carbonyl (C=O) groups is 2. The Bertz CT molecular complexity index is 1120. The van der Waals surface area contributed by atoms with E-state index in [-0.39, 0.29) is 41.7 Å². The zero-order valence-corrected chi connectivity index (χ0v) is 20.2. The van der Waals surface area contributed by atoms with Crippen LogP contribution in [0, 0.1) is 5.92 Å². The van der Waals surface area contributed by atoms with E-state index in [1.165, 1.54) is 0 Å². The molecule has 2 aliphatic heterocycles. The van der Waals surface area contributed by atoms with E-state index in [2.05, 4.69) is 10.2 Å². The number of fused-ring (bicyclic) bond motifs is 1. The van der Waals surface area contributed by atoms with Crippen LogP contribution in [0.25, 0.3) is 10.8 Å². The fraction of sp³-hybridized carbons (Fsp3) is 0.520. The molecule has 0 spiro atoms. The lowest BCUT2D eigenvalue weighted by Gasteiger charge is -2.39. The molecule has 178 valence electrons. The summed E-state index contributed by atoms with van der Waals surface area (Å²) in [6.07, 6.45) is 0.900. The van der Waals surface area contributed by atoms with E-state index >= 15 is 0 Å². The Morgan fingerprint density at radius 2 is 1.73 bits per heavy atom. The first-order valence-corrected chi connectivity index (χ1v) is 13.5. The molecule has 33 heavy (non-hydrogen) atoms. The van der Waals surface area contributed by atoms with Gasteiger partial charge in [-0.2, -0.15) is 0 Å². The van der Waals surface area contributed by atoms with Crippen molar-refractivity contribution in [3.05, 3.63) is 48.0 Å². The number of nitrogens with zero attached hydrogens (tertiary/aromatic N) is 2. The molecule has 2 saturated heterocycles. The molecular formula is C25H33N3O4S. The highest BCUT2D eigenvalue weighted by Crippen LogP contribution is 2.21. The standard InChI is InChI=1S/C25H33N3O4S/c1-18(2)24(26-23(29)16-20-8-5-7-19-6-3-4-9-22(19)20)25(30)28-13-11-27(12-14-28)21-10-15-33(31,32)17-21/h3-9,18,21,24H,10-17H2,1-2H3,(H,26,29)/t21-,24+/m1/s1. The van der Waals surface area contributed by atoms with Crippen molar-refractivity contribution in [2.45, 2.75) is 38.8 Å². The van der Waals surface area contributed by atoms with Gasteiger partial charge in [-0.3, -0.25) is 14.5 Å². The molecule has 2 amide bonds. The van der Waals surface area contributed by atoms with Crippen LogP contribution < -0.4 is 5.32 Å². The molecule has 0 aliphatic carbocycles. The third-order valence-corrected chi connectivity index (χ3v) is 8.58. The Hall–Kier alpha value is -2.45. The van der Waals surface area contributed by atoms with Crippen LogP contribution in [0.4, 0.5) is 0 Å². The molecule has 2 fully saturated rings. The largest absolute Gasteiger partial charge is 0.344 e. The molecule has 2 aromatic carbocycles. The van der Waals surface area contributed by atoms with Gasteiger partial charge in [0.15, 0.2) is 9.84 Å². The van der Waals surface area contributed by atoms with Gasteiger partial charge < -0.3 is 10.2 Å². The number of rotatable bonds is 6. The first-order chi connectivity index (χ1) is 15.7. The van der Waals surface area contributed by atoms with E-state index in [4.69, 9.17) is 0 Å². The van der Waals surface area contributed by atoms with E-state index in [0.717, 1.165) is 16.3 Å². The molecule has 7 nitrogen and oxygen atoms in total. The van der Waals surface area contributed by atoms with Gasteiger partial charge in [0, 0.05) is 32.2 Å². The highest BCUT2D eigenvalue weighted by atomic mass is 32.2. The summed E-state index contributed by atoms with van der Waals surface area (Å²) in [6, 6.07) is 13.4. The lowest BCUT2D eigenvalue weighted by atomic mass is 9.99. The Morgan fingerprint density at radius 1 is 1.03 bits per heavy atom. The van der Waals surface area contributed by atoms with Crippen LogP contribution >= 0.6 is 0 Å². The van der Waals surface area contributed by atoms with Gasteiger partial charge in [0.1, 0.15) is 6.04 Å². The number of nitrogens with one attached hydrogen (secondary N) is 1. The van der Waals surface area contributed by atoms with Gasteiger partial charge >= 0.3 is 0 Å². The number of hydrogen-bond donors (Lipinski definition) is 1. The summed E-state index contributed by atoms with van der Waals surface area (Å²) in [4.78, 5) is 30.2. The molecule has 4 rings (SSSR count). The number of benzene rings is 2. The smallest absolute Gasteiger partial charge is 0.245 e. The zero-order valence-electron chi connectivity index (χ0n) is 19.4. The molecule has 8 heteroatoms. The first kappa shape index (κ1) is 23.7. The molecule has 0 aromatic heterocycles. The predicted octanol–water partition coefficient (Wildman–Crippen LogP) is 1.85. The molecule has 0 unspecified atom stereocenters. The quantitative estimate of drug-likeness (QED) is 0.695. The third-order valence-electron chi connectivity index (χ3n) is 6.83. The second-order valence-corrected chi connectivity index (χ2v) is 11.8. The van der Waals surface area contributed by atoms with Crippen LogP contribution in [0.15, 0.2) is 42.5 Å². The minimum Gasteiger partial charge on any atom is -0.344 e. The maximum absolute atomic E-state index is 13.3. The van der Waals surface area contributed by atoms with Crippen LogP contribution in [0.2, 0.25) is 0 Å². The summed E-state index contributed by atoms with van der Waals surface area (Å²) in [5.41, 5.74) is 0.945. The monoisotopic (exact) mass is 471 g/mol. The van der Waals surface area contributed by atoms with Gasteiger partial charge in [-0.25, -0.2) is 8.42 Å². The zero-order chi connectivity index (χ0) is 23.6. The molecule has 0 bridgehead atoms. The second-order valence-electron chi connectivity index (χ2n) is 9.52. The maximum Gasteiger partial charge on any atom is 0.245 e. The highest BCUT2D eigenvalue weighted by molar-refractivity contribution is 7.91. The summed E-state index contributed by atoms with van der Waals surface area (Å²) in [5.74, 6) is 0.226. The summed E-state index contributed by atoms with van der Waals surface area (Å²) >= 11 is 0. The molecule has 2 atom stereocenters. The third kappa shape index (κ3) is 5.55. The molecule has 1 N–H and O–H groups in total. The van der Waals surface area contributed by atoms with Crippen LogP contribution in [0.3, 0.4) is 0 Å². The van der Waals surface area contributed by atoms with Crippen molar-refractivity contribution in [3.63, 3.8) is 0 Å². The Labute approximate surface area is 196 Å². The average Bonchev–Trinajstić information content (AvgIpc) is 3.17. The minimum absolute atomic E-state index is 0.0352. The van der Waals surface area contributed by atoms with Crippen molar-refractivity contribution in [1.82, 2.24) is 15.1 Å². The van der Waals surface area contributed by atoms with Crippen molar-refractivity contribution in [2.75, 3.05) is 37.7 Å². The van der Waals surface area contributed by atoms with E-state index < -0.39 is 15.9 Å². The van der Waals surface area contributed by atoms with E-state index in [0.29, 0.717) is 32.6 Å². The van der Waals surface area contributed by atoms with Crippen molar-refractivity contribution in [3.8, 4) is 0 Å². The Balaban J connectivity index is 1.36. The van der Waals surface area contributed by atoms with Crippen LogP contribution in [-0.2, 0) is 25.8 Å². The summed E-state index contributed by atoms with van der Waals surface area (Å²) in [5, 5.41) is 5.12. The van der Waals surface area contributed by atoms with Crippen molar-refractivity contribution in [1.29, 1.82) is 0 Å². The van der Waals surface area contributed by atoms with Crippen molar-refractivity contribution < 1.29 is 18.0 Å². The lowest BCUT2D eigenvalue weighted by Crippen LogP contribution is -2.58. The topological polar surface area (TPSA) is 86.8 Å². The highest BCUT2D eigenvalue weighted by Gasteiger charge is 2.36. The SMILES string of the molecule is CC(C)[C@H](NC(=O)Cc1cccc2ccccc12)C(=O)N1CCN([C@@H]2CCS(=O)(=O)C2)CC1. The average molecular weight is 472 g/mol. The molecule has 0 saturated carbocycles. The predicted molar refractivity (Wildman–Crippen MR) is 130 cm³/mol. The summed E-state index contributed by atoms with van der Waals surface area (Å²) in [6.45, 7) is 6.33. The van der Waals surface area contributed by atoms with Crippen LogP contribution in [-0.4, -0.2) is 79.8 Å². The molecule has 2 aliphatic rings. The van der Waals surface area contributed by atoms with E-state index in [1.807, 2.05) is 61.2 Å². The Morgan fingerprint density at radius 3 is 2.39 bits per heavy atom. The summed E-state index contributed by atoms with van der Waals surface area (Å²) in [7, 11) is -2.92. The normalized spacial score (nSPS) is 21.9. The van der Waals surface area contributed by atoms with Crippen molar-refractivity contribution in [2.24, 2.45) is 5.92 Å². The fourth-order valence-electron chi connectivity index (χ4n) is 4.93. The fourth-order valence-corrected chi connectivity index (χ4v) is 6.69. The lowest BCUT2D eigenvalue weighted by molar-refractivity contribution is -0.139. The Kier molecular flexibility index (Phi) is 7.05.